The van der Waals surface area contributed by atoms with Crippen molar-refractivity contribution < 1.29 is 28.6 Å². The number of aliphatic hydroxyl groups is 1. The second-order valence-electron chi connectivity index (χ2n) is 5.49. The first kappa shape index (κ1) is 17.2. The molecule has 1 fully saturated rings. The normalized spacial score (nSPS) is 25.9. The summed E-state index contributed by atoms with van der Waals surface area (Å²) in [6, 6.07) is 0. The van der Waals surface area contributed by atoms with Crippen LogP contribution in [0.3, 0.4) is 0 Å². The van der Waals surface area contributed by atoms with E-state index in [0.29, 0.717) is 0 Å². The second kappa shape index (κ2) is 6.69. The number of ether oxygens (including phenoxy) is 2. The number of carbonyl (C=O) groups excluding carboxylic acids is 2. The number of rotatable bonds is 4. The van der Waals surface area contributed by atoms with Gasteiger partial charge < -0.3 is 19.9 Å². The highest BCUT2D eigenvalue weighted by Gasteiger charge is 2.48. The predicted octanol–water partition coefficient (Wildman–Crippen LogP) is -0.0558. The average Bonchev–Trinajstić information content (AvgIpc) is 3.09. The zero-order valence-electron chi connectivity index (χ0n) is 13.4. The van der Waals surface area contributed by atoms with Gasteiger partial charge in [-0.2, -0.15) is 0 Å². The van der Waals surface area contributed by atoms with Crippen LogP contribution < -0.4 is 5.32 Å². The first-order valence-corrected chi connectivity index (χ1v) is 7.45. The molecule has 1 aliphatic rings. The minimum absolute atomic E-state index is 0.180. The first-order chi connectivity index (χ1) is 11.9. The number of esters is 1. The van der Waals surface area contributed by atoms with E-state index in [9.17, 15) is 19.1 Å². The fourth-order valence-electron chi connectivity index (χ4n) is 2.69. The maximum Gasteiger partial charge on any atom is 0.303 e. The molecule has 2 aromatic heterocycles. The number of imidazole rings is 1. The lowest BCUT2D eigenvalue weighted by Gasteiger charge is -2.17. The van der Waals surface area contributed by atoms with Gasteiger partial charge in [0.1, 0.15) is 12.4 Å². The lowest BCUT2D eigenvalue weighted by molar-refractivity contribution is -0.152. The Hall–Kier alpha value is -2.66. The minimum atomic E-state index is -1.74. The molecular weight excluding hydrogens is 337 g/mol. The summed E-state index contributed by atoms with van der Waals surface area (Å²) in [7, 11) is 0. The maximum atomic E-state index is 14.8. The number of anilines is 1. The Kier molecular flexibility index (Phi) is 4.59. The van der Waals surface area contributed by atoms with E-state index >= 15 is 0 Å². The predicted molar refractivity (Wildman–Crippen MR) is 81.1 cm³/mol. The van der Waals surface area contributed by atoms with Crippen molar-refractivity contribution in [1.82, 2.24) is 19.5 Å². The van der Waals surface area contributed by atoms with Crippen LogP contribution in [0.4, 0.5) is 10.2 Å². The molecule has 4 atom stereocenters. The zero-order valence-corrected chi connectivity index (χ0v) is 13.4. The lowest BCUT2D eigenvalue weighted by Crippen LogP contribution is -2.35. The summed E-state index contributed by atoms with van der Waals surface area (Å²) in [6.45, 7) is 1.94. The first-order valence-electron chi connectivity index (χ1n) is 7.45. The van der Waals surface area contributed by atoms with Crippen molar-refractivity contribution in [1.29, 1.82) is 0 Å². The van der Waals surface area contributed by atoms with Gasteiger partial charge in [0.15, 0.2) is 35.5 Å². The van der Waals surface area contributed by atoms with Crippen molar-refractivity contribution in [2.75, 3.05) is 11.9 Å². The Morgan fingerprint density at radius 2 is 2.16 bits per heavy atom. The third kappa shape index (κ3) is 3.15. The fourth-order valence-corrected chi connectivity index (χ4v) is 2.69. The Balaban J connectivity index is 1.96. The number of hydrogen-bond donors (Lipinski definition) is 2. The zero-order chi connectivity index (χ0) is 18.1. The van der Waals surface area contributed by atoms with Crippen LogP contribution in [-0.2, 0) is 19.1 Å². The van der Waals surface area contributed by atoms with E-state index in [0.717, 1.165) is 6.92 Å². The van der Waals surface area contributed by atoms with Crippen molar-refractivity contribution in [3.63, 3.8) is 0 Å². The van der Waals surface area contributed by atoms with Gasteiger partial charge in [-0.25, -0.2) is 19.3 Å². The van der Waals surface area contributed by atoms with Crippen LogP contribution in [0.1, 0.15) is 20.1 Å². The fraction of sp³-hybridized carbons (Fsp3) is 0.500. The van der Waals surface area contributed by atoms with Gasteiger partial charge in [0.05, 0.1) is 12.9 Å². The number of halogens is 1. The molecule has 0 aromatic carbocycles. The van der Waals surface area contributed by atoms with E-state index < -0.39 is 37.2 Å². The Morgan fingerprint density at radius 3 is 2.80 bits per heavy atom. The van der Waals surface area contributed by atoms with Crippen LogP contribution >= 0.6 is 0 Å². The van der Waals surface area contributed by atoms with Crippen molar-refractivity contribution >= 4 is 28.9 Å². The molecule has 2 aromatic rings. The molecule has 0 bridgehead atoms. The Bertz CT molecular complexity index is 812. The highest BCUT2D eigenvalue weighted by atomic mass is 19.1. The number of aliphatic hydroxyl groups excluding tert-OH is 1. The van der Waals surface area contributed by atoms with Gasteiger partial charge in [0.2, 0.25) is 5.91 Å². The molecule has 3 rings (SSSR count). The molecule has 3 heterocycles. The van der Waals surface area contributed by atoms with E-state index in [1.165, 1.54) is 24.1 Å². The average molecular weight is 353 g/mol. The topological polar surface area (TPSA) is 128 Å². The summed E-state index contributed by atoms with van der Waals surface area (Å²) in [5.41, 5.74) is 0.483. The van der Waals surface area contributed by atoms with Gasteiger partial charge in [-0.3, -0.25) is 14.2 Å². The van der Waals surface area contributed by atoms with Crippen LogP contribution in [0, 0.1) is 0 Å². The third-order valence-electron chi connectivity index (χ3n) is 3.68. The monoisotopic (exact) mass is 353 g/mol. The number of alkyl halides is 1. The molecule has 10 nitrogen and oxygen atoms in total. The molecule has 0 spiro atoms. The van der Waals surface area contributed by atoms with Gasteiger partial charge in [0, 0.05) is 13.8 Å². The highest BCUT2D eigenvalue weighted by molar-refractivity contribution is 5.95. The summed E-state index contributed by atoms with van der Waals surface area (Å²) in [4.78, 5) is 34.5. The van der Waals surface area contributed by atoms with Crippen molar-refractivity contribution in [2.24, 2.45) is 0 Å². The molecular formula is C14H16FN5O5. The largest absolute Gasteiger partial charge is 0.456 e. The number of amides is 1. The molecule has 1 amide bonds. The van der Waals surface area contributed by atoms with E-state index in [1.54, 1.807) is 0 Å². The van der Waals surface area contributed by atoms with Crippen LogP contribution in [0.2, 0.25) is 0 Å². The van der Waals surface area contributed by atoms with E-state index in [-0.39, 0.29) is 22.9 Å². The summed E-state index contributed by atoms with van der Waals surface area (Å²) in [5, 5.41) is 11.9. The van der Waals surface area contributed by atoms with Gasteiger partial charge in [-0.15, -0.1) is 0 Å². The SMILES string of the molecule is CC(=O)Nc1ncnc2c1ncn2C1OC(CO)C(OC(C)=O)C1F. The van der Waals surface area contributed by atoms with Crippen molar-refractivity contribution in [3.8, 4) is 0 Å². The van der Waals surface area contributed by atoms with Crippen LogP contribution in [0.25, 0.3) is 11.2 Å². The minimum Gasteiger partial charge on any atom is -0.456 e. The molecule has 0 radical (unpaired) electrons. The molecule has 11 heteroatoms. The van der Waals surface area contributed by atoms with Gasteiger partial charge in [-0.05, 0) is 0 Å². The Labute approximate surface area is 141 Å². The summed E-state index contributed by atoms with van der Waals surface area (Å²) >= 11 is 0. The number of hydrogen-bond acceptors (Lipinski definition) is 8. The maximum absolute atomic E-state index is 14.8. The number of aromatic nitrogens is 4. The van der Waals surface area contributed by atoms with Crippen LogP contribution in [0.15, 0.2) is 12.7 Å². The second-order valence-corrected chi connectivity index (χ2v) is 5.49. The molecule has 0 aliphatic carbocycles. The summed E-state index contributed by atoms with van der Waals surface area (Å²) < 4.78 is 26.5. The van der Waals surface area contributed by atoms with E-state index in [1.807, 2.05) is 0 Å². The number of nitrogens with one attached hydrogen (secondary N) is 1. The van der Waals surface area contributed by atoms with Gasteiger partial charge in [0.25, 0.3) is 0 Å². The molecule has 1 saturated heterocycles. The molecule has 4 unspecified atom stereocenters. The standard InChI is InChI=1S/C14H16FN5O5/c1-6(22)19-12-10-13(17-4-16-12)20(5-18-10)14-9(15)11(24-7(2)23)8(3-21)25-14/h4-5,8-9,11,14,21H,3H2,1-2H3,(H,16,17,19,22). The van der Waals surface area contributed by atoms with Gasteiger partial charge in [-0.1, -0.05) is 0 Å². The third-order valence-corrected chi connectivity index (χ3v) is 3.68. The smallest absolute Gasteiger partial charge is 0.303 e. The Morgan fingerprint density at radius 1 is 1.40 bits per heavy atom. The molecule has 25 heavy (non-hydrogen) atoms. The summed E-state index contributed by atoms with van der Waals surface area (Å²) in [5.74, 6) is -0.841. The molecule has 134 valence electrons. The molecule has 1 aliphatic heterocycles. The highest BCUT2D eigenvalue weighted by Crippen LogP contribution is 2.35. The lowest BCUT2D eigenvalue weighted by atomic mass is 10.1. The van der Waals surface area contributed by atoms with Gasteiger partial charge >= 0.3 is 5.97 Å². The quantitative estimate of drug-likeness (QED) is 0.732. The molecule has 0 saturated carbocycles. The van der Waals surface area contributed by atoms with Crippen LogP contribution in [-0.4, -0.2) is 61.5 Å². The van der Waals surface area contributed by atoms with Crippen molar-refractivity contribution in [2.45, 2.75) is 38.5 Å². The van der Waals surface area contributed by atoms with E-state index in [4.69, 9.17) is 9.47 Å². The van der Waals surface area contributed by atoms with Crippen LogP contribution in [0.5, 0.6) is 0 Å². The number of carbonyl (C=O) groups is 2. The van der Waals surface area contributed by atoms with Crippen molar-refractivity contribution in [3.05, 3.63) is 12.7 Å². The number of fused-ring (bicyclic) bond motifs is 1. The summed E-state index contributed by atoms with van der Waals surface area (Å²) in [6.07, 6.45) is -2.73. The molecule has 2 N–H and O–H groups in total. The van der Waals surface area contributed by atoms with E-state index in [2.05, 4.69) is 20.3 Å². The number of nitrogens with zero attached hydrogens (tertiary/aromatic N) is 4.